The minimum Gasteiger partial charge on any atom is -0.362 e. The summed E-state index contributed by atoms with van der Waals surface area (Å²) in [7, 11) is 0. The van der Waals surface area contributed by atoms with E-state index in [1.165, 1.54) is 6.07 Å². The van der Waals surface area contributed by atoms with E-state index in [0.717, 1.165) is 0 Å². The summed E-state index contributed by atoms with van der Waals surface area (Å²) in [5.74, 6) is -3.17. The van der Waals surface area contributed by atoms with Gasteiger partial charge in [0, 0.05) is 38.7 Å². The van der Waals surface area contributed by atoms with Crippen LogP contribution in [0.3, 0.4) is 0 Å². The van der Waals surface area contributed by atoms with Gasteiger partial charge in [-0.05, 0) is 6.07 Å². The van der Waals surface area contributed by atoms with Gasteiger partial charge in [0.2, 0.25) is 5.91 Å². The number of hydrogen-bond donors (Lipinski definition) is 1. The monoisotopic (exact) mass is 340 g/mol. The number of halogens is 2. The fourth-order valence-corrected chi connectivity index (χ4v) is 3.16. The molecule has 1 atom stereocenters. The SMILES string of the molecule is O=C(C1CC(F)(F)CN1)N1CCN(c2ccccc2[N+](=O)[O-])CC1. The number of carbonyl (C=O) groups is 1. The zero-order valence-electron chi connectivity index (χ0n) is 13.0. The van der Waals surface area contributed by atoms with Crippen molar-refractivity contribution in [1.29, 1.82) is 0 Å². The van der Waals surface area contributed by atoms with Gasteiger partial charge in [0.25, 0.3) is 11.6 Å². The number of nitrogens with zero attached hydrogens (tertiary/aromatic N) is 3. The standard InChI is InChI=1S/C15H18F2N4O3/c16-15(17)9-11(18-10-15)14(22)20-7-5-19(6-8-20)12-3-1-2-4-13(12)21(23)24/h1-4,11,18H,5-10H2. The summed E-state index contributed by atoms with van der Waals surface area (Å²) in [6, 6.07) is 5.60. The highest BCUT2D eigenvalue weighted by Gasteiger charge is 2.43. The van der Waals surface area contributed by atoms with Crippen molar-refractivity contribution in [2.45, 2.75) is 18.4 Å². The van der Waals surface area contributed by atoms with Crippen LogP contribution in [0.4, 0.5) is 20.2 Å². The summed E-state index contributed by atoms with van der Waals surface area (Å²) < 4.78 is 26.4. The molecule has 1 aromatic carbocycles. The number of piperazine rings is 1. The Morgan fingerprint density at radius 2 is 1.92 bits per heavy atom. The molecule has 0 saturated carbocycles. The minimum atomic E-state index is -2.84. The van der Waals surface area contributed by atoms with Crippen LogP contribution in [-0.2, 0) is 4.79 Å². The average Bonchev–Trinajstić information content (AvgIpc) is 2.94. The van der Waals surface area contributed by atoms with Crippen LogP contribution in [-0.4, -0.2) is 60.4 Å². The van der Waals surface area contributed by atoms with Crippen molar-refractivity contribution < 1.29 is 18.5 Å². The van der Waals surface area contributed by atoms with Gasteiger partial charge in [0.05, 0.1) is 17.5 Å². The topological polar surface area (TPSA) is 78.7 Å². The summed E-state index contributed by atoms with van der Waals surface area (Å²) >= 11 is 0. The van der Waals surface area contributed by atoms with Gasteiger partial charge in [-0.1, -0.05) is 12.1 Å². The molecule has 2 fully saturated rings. The Kier molecular flexibility index (Phi) is 4.35. The number of rotatable bonds is 3. The number of para-hydroxylation sites is 2. The summed E-state index contributed by atoms with van der Waals surface area (Å²) in [6.07, 6.45) is -0.476. The third kappa shape index (κ3) is 3.30. The molecule has 2 heterocycles. The first-order valence-electron chi connectivity index (χ1n) is 7.76. The van der Waals surface area contributed by atoms with Crippen LogP contribution >= 0.6 is 0 Å². The van der Waals surface area contributed by atoms with Crippen LogP contribution in [0.2, 0.25) is 0 Å². The number of anilines is 1. The molecular formula is C15H18F2N4O3. The second kappa shape index (κ2) is 6.31. The van der Waals surface area contributed by atoms with E-state index in [4.69, 9.17) is 0 Å². The summed E-state index contributed by atoms with van der Waals surface area (Å²) in [6.45, 7) is 1.10. The highest BCUT2D eigenvalue weighted by molar-refractivity contribution is 5.82. The number of nitrogens with one attached hydrogen (secondary N) is 1. The Morgan fingerprint density at radius 1 is 1.25 bits per heavy atom. The molecule has 1 unspecified atom stereocenters. The molecular weight excluding hydrogens is 322 g/mol. The predicted octanol–water partition coefficient (Wildman–Crippen LogP) is 1.24. The molecule has 7 nitrogen and oxygen atoms in total. The lowest BCUT2D eigenvalue weighted by molar-refractivity contribution is -0.384. The summed E-state index contributed by atoms with van der Waals surface area (Å²) in [4.78, 5) is 26.4. The number of benzene rings is 1. The third-order valence-electron chi connectivity index (χ3n) is 4.42. The van der Waals surface area contributed by atoms with Gasteiger partial charge in [-0.25, -0.2) is 8.78 Å². The van der Waals surface area contributed by atoms with Crippen molar-refractivity contribution in [3.63, 3.8) is 0 Å². The smallest absolute Gasteiger partial charge is 0.292 e. The summed E-state index contributed by atoms with van der Waals surface area (Å²) in [5.41, 5.74) is 0.537. The number of nitro groups is 1. The molecule has 2 saturated heterocycles. The maximum atomic E-state index is 13.2. The normalized spacial score (nSPS) is 23.3. The van der Waals surface area contributed by atoms with E-state index in [1.807, 2.05) is 4.90 Å². The molecule has 0 radical (unpaired) electrons. The second-order valence-corrected chi connectivity index (χ2v) is 6.05. The third-order valence-corrected chi connectivity index (χ3v) is 4.42. The molecule has 130 valence electrons. The van der Waals surface area contributed by atoms with Gasteiger partial charge in [0.15, 0.2) is 0 Å². The highest BCUT2D eigenvalue weighted by atomic mass is 19.3. The lowest BCUT2D eigenvalue weighted by Gasteiger charge is -2.36. The van der Waals surface area contributed by atoms with Gasteiger partial charge in [-0.3, -0.25) is 20.2 Å². The Morgan fingerprint density at radius 3 is 2.50 bits per heavy atom. The quantitative estimate of drug-likeness (QED) is 0.662. The molecule has 0 bridgehead atoms. The first-order valence-corrected chi connectivity index (χ1v) is 7.76. The summed E-state index contributed by atoms with van der Waals surface area (Å²) in [5, 5.41) is 13.7. The van der Waals surface area contributed by atoms with Crippen molar-refractivity contribution in [2.75, 3.05) is 37.6 Å². The first kappa shape index (κ1) is 16.6. The van der Waals surface area contributed by atoms with Crippen molar-refractivity contribution in [3.05, 3.63) is 34.4 Å². The maximum absolute atomic E-state index is 13.2. The fourth-order valence-electron chi connectivity index (χ4n) is 3.16. The lowest BCUT2D eigenvalue weighted by atomic mass is 10.1. The average molecular weight is 340 g/mol. The predicted molar refractivity (Wildman–Crippen MR) is 83.2 cm³/mol. The van der Waals surface area contributed by atoms with Crippen molar-refractivity contribution in [2.24, 2.45) is 0 Å². The van der Waals surface area contributed by atoms with Gasteiger partial charge in [-0.2, -0.15) is 0 Å². The number of carbonyl (C=O) groups excluding carboxylic acids is 1. The van der Waals surface area contributed by atoms with E-state index in [-0.39, 0.29) is 11.6 Å². The Hall–Kier alpha value is -2.29. The van der Waals surface area contributed by atoms with Crippen molar-refractivity contribution >= 4 is 17.3 Å². The van der Waals surface area contributed by atoms with Gasteiger partial charge < -0.3 is 9.80 Å². The highest BCUT2D eigenvalue weighted by Crippen LogP contribution is 2.29. The van der Waals surface area contributed by atoms with Crippen LogP contribution in [0, 0.1) is 10.1 Å². The molecule has 9 heteroatoms. The van der Waals surface area contributed by atoms with Crippen molar-refractivity contribution in [1.82, 2.24) is 10.2 Å². The van der Waals surface area contributed by atoms with E-state index in [1.54, 1.807) is 23.1 Å². The van der Waals surface area contributed by atoms with E-state index in [9.17, 15) is 23.7 Å². The van der Waals surface area contributed by atoms with Crippen LogP contribution in [0.25, 0.3) is 0 Å². The lowest BCUT2D eigenvalue weighted by Crippen LogP contribution is -2.53. The molecule has 3 rings (SSSR count). The van der Waals surface area contributed by atoms with E-state index in [2.05, 4.69) is 5.32 Å². The van der Waals surface area contributed by atoms with Crippen LogP contribution in [0.15, 0.2) is 24.3 Å². The van der Waals surface area contributed by atoms with Crippen LogP contribution in [0.5, 0.6) is 0 Å². The van der Waals surface area contributed by atoms with Gasteiger partial charge in [-0.15, -0.1) is 0 Å². The second-order valence-electron chi connectivity index (χ2n) is 6.05. The molecule has 2 aliphatic rings. The minimum absolute atomic E-state index is 0.0226. The largest absolute Gasteiger partial charge is 0.362 e. The first-order chi connectivity index (χ1) is 11.4. The molecule has 0 spiro atoms. The maximum Gasteiger partial charge on any atom is 0.292 e. The van der Waals surface area contributed by atoms with Crippen molar-refractivity contribution in [3.8, 4) is 0 Å². The van der Waals surface area contributed by atoms with Gasteiger partial charge >= 0.3 is 0 Å². The fraction of sp³-hybridized carbons (Fsp3) is 0.533. The van der Waals surface area contributed by atoms with E-state index in [0.29, 0.717) is 31.9 Å². The van der Waals surface area contributed by atoms with E-state index >= 15 is 0 Å². The zero-order chi connectivity index (χ0) is 17.3. The molecule has 1 amide bonds. The Balaban J connectivity index is 1.62. The molecule has 1 aromatic rings. The molecule has 24 heavy (non-hydrogen) atoms. The van der Waals surface area contributed by atoms with E-state index < -0.39 is 29.9 Å². The van der Waals surface area contributed by atoms with Gasteiger partial charge in [0.1, 0.15) is 5.69 Å². The number of nitro benzene ring substituents is 1. The number of hydrogen-bond acceptors (Lipinski definition) is 5. The Labute approximate surface area is 137 Å². The van der Waals surface area contributed by atoms with Crippen LogP contribution in [0.1, 0.15) is 6.42 Å². The molecule has 0 aliphatic carbocycles. The zero-order valence-corrected chi connectivity index (χ0v) is 13.0. The molecule has 2 aliphatic heterocycles. The van der Waals surface area contributed by atoms with Crippen LogP contribution < -0.4 is 10.2 Å². The molecule has 1 N–H and O–H groups in total. The number of amides is 1. The Bertz CT molecular complexity index is 647. The number of alkyl halides is 2. The molecule has 0 aromatic heterocycles.